The van der Waals surface area contributed by atoms with Crippen molar-refractivity contribution in [3.8, 4) is 11.1 Å². The molecule has 1 aliphatic heterocycles. The SMILES string of the molecule is CCC[C@H](CC(=O)N1CCC(C(=O)O)C1)NC(=O)OCC1c2ccccc2-c2ccccc21. The van der Waals surface area contributed by atoms with Crippen molar-refractivity contribution < 1.29 is 24.2 Å². The Balaban J connectivity index is 1.34. The summed E-state index contributed by atoms with van der Waals surface area (Å²) in [7, 11) is 0. The molecule has 33 heavy (non-hydrogen) atoms. The number of hydrogen-bond acceptors (Lipinski definition) is 4. The molecule has 7 heteroatoms. The van der Waals surface area contributed by atoms with Crippen LogP contribution in [0.1, 0.15) is 49.7 Å². The molecule has 1 fully saturated rings. The van der Waals surface area contributed by atoms with Gasteiger partial charge in [-0.3, -0.25) is 9.59 Å². The lowest BCUT2D eigenvalue weighted by Crippen LogP contribution is -2.41. The van der Waals surface area contributed by atoms with Crippen LogP contribution in [0.3, 0.4) is 0 Å². The number of hydrogen-bond donors (Lipinski definition) is 2. The summed E-state index contributed by atoms with van der Waals surface area (Å²) in [6, 6.07) is 16.0. The molecule has 1 heterocycles. The van der Waals surface area contributed by atoms with Gasteiger partial charge in [-0.15, -0.1) is 0 Å². The highest BCUT2D eigenvalue weighted by atomic mass is 16.5. The first-order valence-corrected chi connectivity index (χ1v) is 11.6. The van der Waals surface area contributed by atoms with E-state index >= 15 is 0 Å². The van der Waals surface area contributed by atoms with Crippen molar-refractivity contribution in [3.05, 3.63) is 59.7 Å². The maximum Gasteiger partial charge on any atom is 0.407 e. The summed E-state index contributed by atoms with van der Waals surface area (Å²) in [5, 5.41) is 12.0. The molecule has 0 aromatic heterocycles. The summed E-state index contributed by atoms with van der Waals surface area (Å²) in [6.07, 6.45) is 1.53. The molecule has 0 saturated carbocycles. The van der Waals surface area contributed by atoms with Gasteiger partial charge in [-0.05, 0) is 35.1 Å². The van der Waals surface area contributed by atoms with Crippen LogP contribution >= 0.6 is 0 Å². The molecule has 2 N–H and O–H groups in total. The third-order valence-corrected chi connectivity index (χ3v) is 6.61. The van der Waals surface area contributed by atoms with Crippen LogP contribution in [0.4, 0.5) is 4.79 Å². The predicted octanol–water partition coefficient (Wildman–Crippen LogP) is 4.02. The average Bonchev–Trinajstić information content (AvgIpc) is 3.42. The van der Waals surface area contributed by atoms with E-state index in [-0.39, 0.29) is 37.4 Å². The summed E-state index contributed by atoms with van der Waals surface area (Å²) in [5.74, 6) is -1.52. The first-order chi connectivity index (χ1) is 16.0. The van der Waals surface area contributed by atoms with Crippen LogP contribution in [0.25, 0.3) is 11.1 Å². The number of carbonyl (C=O) groups is 3. The van der Waals surface area contributed by atoms with E-state index in [0.717, 1.165) is 17.5 Å². The second-order valence-corrected chi connectivity index (χ2v) is 8.82. The Hall–Kier alpha value is -3.35. The van der Waals surface area contributed by atoms with Gasteiger partial charge in [-0.1, -0.05) is 61.9 Å². The molecule has 2 atom stereocenters. The number of carbonyl (C=O) groups excluding carboxylic acids is 2. The first kappa shape index (κ1) is 22.8. The molecular formula is C26H30N2O5. The summed E-state index contributed by atoms with van der Waals surface area (Å²) >= 11 is 0. The third kappa shape index (κ3) is 5.02. The number of aliphatic carboxylic acids is 1. The topological polar surface area (TPSA) is 95.9 Å². The van der Waals surface area contributed by atoms with E-state index in [9.17, 15) is 14.4 Å². The predicted molar refractivity (Wildman–Crippen MR) is 124 cm³/mol. The van der Waals surface area contributed by atoms with Crippen molar-refractivity contribution in [3.63, 3.8) is 0 Å². The number of alkyl carbamates (subject to hydrolysis) is 1. The summed E-state index contributed by atoms with van der Waals surface area (Å²) in [6.45, 7) is 2.89. The minimum absolute atomic E-state index is 0.0213. The van der Waals surface area contributed by atoms with Crippen molar-refractivity contribution in [1.82, 2.24) is 10.2 Å². The molecule has 2 aromatic rings. The molecular weight excluding hydrogens is 420 g/mol. The fraction of sp³-hybridized carbons (Fsp3) is 0.423. The molecule has 2 aromatic carbocycles. The Morgan fingerprint density at radius 2 is 1.73 bits per heavy atom. The molecule has 4 rings (SSSR count). The zero-order chi connectivity index (χ0) is 23.4. The second kappa shape index (κ2) is 10.1. The molecule has 1 saturated heterocycles. The molecule has 0 bridgehead atoms. The van der Waals surface area contributed by atoms with Gasteiger partial charge in [-0.2, -0.15) is 0 Å². The van der Waals surface area contributed by atoms with Crippen LogP contribution < -0.4 is 5.32 Å². The van der Waals surface area contributed by atoms with Crippen molar-refractivity contribution in [2.24, 2.45) is 5.92 Å². The van der Waals surface area contributed by atoms with E-state index < -0.39 is 18.0 Å². The van der Waals surface area contributed by atoms with Gasteiger partial charge < -0.3 is 20.1 Å². The maximum atomic E-state index is 12.7. The van der Waals surface area contributed by atoms with Gasteiger partial charge in [0.05, 0.1) is 5.92 Å². The first-order valence-electron chi connectivity index (χ1n) is 11.6. The van der Waals surface area contributed by atoms with Crippen LogP contribution in [0.15, 0.2) is 48.5 Å². The summed E-state index contributed by atoms with van der Waals surface area (Å²) in [5.41, 5.74) is 4.63. The van der Waals surface area contributed by atoms with Crippen molar-refractivity contribution in [2.75, 3.05) is 19.7 Å². The largest absolute Gasteiger partial charge is 0.481 e. The van der Waals surface area contributed by atoms with Gasteiger partial charge in [0.1, 0.15) is 6.61 Å². The zero-order valence-electron chi connectivity index (χ0n) is 18.8. The highest BCUT2D eigenvalue weighted by Gasteiger charge is 2.32. The van der Waals surface area contributed by atoms with E-state index in [0.29, 0.717) is 19.4 Å². The van der Waals surface area contributed by atoms with Crippen LogP contribution in [-0.4, -0.2) is 53.7 Å². The Labute approximate surface area is 193 Å². The highest BCUT2D eigenvalue weighted by Crippen LogP contribution is 2.44. The van der Waals surface area contributed by atoms with Crippen LogP contribution in [0.5, 0.6) is 0 Å². The van der Waals surface area contributed by atoms with Crippen molar-refractivity contribution in [2.45, 2.75) is 44.6 Å². The molecule has 7 nitrogen and oxygen atoms in total. The number of amides is 2. The van der Waals surface area contributed by atoms with Gasteiger partial charge in [-0.25, -0.2) is 4.79 Å². The van der Waals surface area contributed by atoms with E-state index in [1.165, 1.54) is 11.1 Å². The van der Waals surface area contributed by atoms with Gasteiger partial charge in [0.25, 0.3) is 0 Å². The molecule has 2 amide bonds. The van der Waals surface area contributed by atoms with Gasteiger partial charge >= 0.3 is 12.1 Å². The van der Waals surface area contributed by atoms with Crippen molar-refractivity contribution in [1.29, 1.82) is 0 Å². The zero-order valence-corrected chi connectivity index (χ0v) is 18.8. The highest BCUT2D eigenvalue weighted by molar-refractivity contribution is 5.80. The molecule has 0 radical (unpaired) electrons. The van der Waals surface area contributed by atoms with Crippen molar-refractivity contribution >= 4 is 18.0 Å². The molecule has 0 spiro atoms. The van der Waals surface area contributed by atoms with Gasteiger partial charge in [0.15, 0.2) is 0 Å². The quantitative estimate of drug-likeness (QED) is 0.633. The number of benzene rings is 2. The normalized spacial score (nSPS) is 17.8. The summed E-state index contributed by atoms with van der Waals surface area (Å²) in [4.78, 5) is 38.0. The lowest BCUT2D eigenvalue weighted by molar-refractivity contribution is -0.141. The lowest BCUT2D eigenvalue weighted by atomic mass is 9.98. The Morgan fingerprint density at radius 3 is 2.30 bits per heavy atom. The number of rotatable bonds is 8. The van der Waals surface area contributed by atoms with Crippen LogP contribution in [0, 0.1) is 5.92 Å². The molecule has 1 unspecified atom stereocenters. The monoisotopic (exact) mass is 450 g/mol. The summed E-state index contributed by atoms with van der Waals surface area (Å²) < 4.78 is 5.62. The van der Waals surface area contributed by atoms with E-state index in [1.807, 2.05) is 31.2 Å². The minimum Gasteiger partial charge on any atom is -0.481 e. The van der Waals surface area contributed by atoms with Crippen LogP contribution in [0.2, 0.25) is 0 Å². The van der Waals surface area contributed by atoms with E-state index in [2.05, 4.69) is 29.6 Å². The number of nitrogens with one attached hydrogen (secondary N) is 1. The van der Waals surface area contributed by atoms with E-state index in [4.69, 9.17) is 9.84 Å². The third-order valence-electron chi connectivity index (χ3n) is 6.61. The minimum atomic E-state index is -0.868. The van der Waals surface area contributed by atoms with E-state index in [1.54, 1.807) is 4.90 Å². The number of nitrogens with zero attached hydrogens (tertiary/aromatic N) is 1. The molecule has 1 aliphatic carbocycles. The molecule has 2 aliphatic rings. The number of carboxylic acid groups (broad SMARTS) is 1. The average molecular weight is 451 g/mol. The number of ether oxygens (including phenoxy) is 1. The fourth-order valence-electron chi connectivity index (χ4n) is 4.91. The number of carboxylic acids is 1. The number of fused-ring (bicyclic) bond motifs is 3. The maximum absolute atomic E-state index is 12.7. The number of likely N-dealkylation sites (tertiary alicyclic amines) is 1. The molecule has 174 valence electrons. The fourth-order valence-corrected chi connectivity index (χ4v) is 4.91. The smallest absolute Gasteiger partial charge is 0.407 e. The lowest BCUT2D eigenvalue weighted by Gasteiger charge is -2.22. The van der Waals surface area contributed by atoms with Gasteiger partial charge in [0, 0.05) is 31.5 Å². The Bertz CT molecular complexity index is 991. The Kier molecular flexibility index (Phi) is 6.96. The second-order valence-electron chi connectivity index (χ2n) is 8.82. The van der Waals surface area contributed by atoms with Crippen LogP contribution in [-0.2, 0) is 14.3 Å². The Morgan fingerprint density at radius 1 is 1.09 bits per heavy atom. The standard InChI is InChI=1S/C26H30N2O5/c1-2-7-18(14-24(29)28-13-12-17(15-28)25(30)31)27-26(32)33-16-23-21-10-5-3-8-19(21)20-9-4-6-11-22(20)23/h3-6,8-11,17-18,23H,2,7,12-16H2,1H3,(H,27,32)(H,30,31)/t17?,18-/m1/s1. The van der Waals surface area contributed by atoms with Gasteiger partial charge in [0.2, 0.25) is 5.91 Å².